The van der Waals surface area contributed by atoms with E-state index < -0.39 is 113 Å². The van der Waals surface area contributed by atoms with Gasteiger partial charge in [-0.2, -0.15) is 71.0 Å². The number of aromatic hydroxyl groups is 2. The van der Waals surface area contributed by atoms with Gasteiger partial charge in [0, 0.05) is 23.2 Å². The van der Waals surface area contributed by atoms with Gasteiger partial charge in [-0.1, -0.05) is 48.6 Å². The van der Waals surface area contributed by atoms with Crippen LogP contribution in [-0.4, -0.2) is 98.0 Å². The number of nitrogens with zero attached hydrogens (tertiary/aromatic N) is 8. The summed E-state index contributed by atoms with van der Waals surface area (Å²) in [7, 11) is -30.1. The standard InChI is InChI=1S/C46H32N8O20S6/c55-45-35(23-41(79(69,70)71)33-3-1-17-47-43(33)45)53-51-31-15-11-27(39(21-31)77(63,64)65)7-5-25-9-13-29(19-37(25)75(57,58)59)49-50-30-14-10-26(38(20-30)76(60,61)62)6-8-28-12-16-32(22-40(28)78(66,67)68)52-54-36-24-42(80(72,73)74)34-4-2-18-48-44(34)46(36)56/h1-24,55-56H,(H,57,58,59)(H,60,61,62)(H,63,64,65)(H,66,67,68)(H,69,70,71)(H,72,73,74)/b7-5+,8-6+,50-49?,53-51?,54-52?. The van der Waals surface area contributed by atoms with Gasteiger partial charge in [0.05, 0.1) is 22.7 Å². The van der Waals surface area contributed by atoms with Crippen molar-refractivity contribution in [1.82, 2.24) is 9.97 Å². The number of hydrogen-bond acceptors (Lipinski definition) is 22. The van der Waals surface area contributed by atoms with E-state index in [1.54, 1.807) is 0 Å². The second kappa shape index (κ2) is 21.6. The zero-order valence-corrected chi connectivity index (χ0v) is 44.3. The van der Waals surface area contributed by atoms with Crippen molar-refractivity contribution in [2.45, 2.75) is 29.4 Å². The number of benzene rings is 6. The summed E-state index contributed by atoms with van der Waals surface area (Å²) in [5.74, 6) is -1.31. The van der Waals surface area contributed by atoms with Crippen LogP contribution in [0.4, 0.5) is 34.1 Å². The zero-order chi connectivity index (χ0) is 58.3. The van der Waals surface area contributed by atoms with Crippen LogP contribution in [-0.2, 0) is 60.7 Å². The Morgan fingerprint density at radius 1 is 0.325 bits per heavy atom. The van der Waals surface area contributed by atoms with E-state index in [0.29, 0.717) is 0 Å². The molecule has 0 unspecified atom stereocenters. The lowest BCUT2D eigenvalue weighted by Gasteiger charge is -2.08. The Kier molecular flexibility index (Phi) is 15.6. The summed E-state index contributed by atoms with van der Waals surface area (Å²) in [6.45, 7) is 0. The quantitative estimate of drug-likeness (QED) is 0.0254. The van der Waals surface area contributed by atoms with E-state index in [9.17, 15) is 88.0 Å². The summed E-state index contributed by atoms with van der Waals surface area (Å²) in [6.07, 6.45) is 6.55. The van der Waals surface area contributed by atoms with Gasteiger partial charge in [-0.3, -0.25) is 37.3 Å². The monoisotopic (exact) mass is 1210 g/mol. The Balaban J connectivity index is 1.05. The van der Waals surface area contributed by atoms with Crippen LogP contribution < -0.4 is 0 Å². The first-order valence-corrected chi connectivity index (χ1v) is 30.2. The molecule has 0 radical (unpaired) electrons. The Labute approximate surface area is 451 Å². The summed E-state index contributed by atoms with van der Waals surface area (Å²) in [4.78, 5) is 3.20. The van der Waals surface area contributed by atoms with Crippen LogP contribution in [0, 0.1) is 0 Å². The average Bonchev–Trinajstić information content (AvgIpc) is 3.52. The Hall–Kier alpha value is -8.52. The highest BCUT2D eigenvalue weighted by molar-refractivity contribution is 7.87. The molecule has 2 aromatic heterocycles. The maximum atomic E-state index is 12.6. The molecule has 0 atom stereocenters. The predicted octanol–water partition coefficient (Wildman–Crippen LogP) is 9.26. The van der Waals surface area contributed by atoms with Crippen molar-refractivity contribution in [3.8, 4) is 11.5 Å². The van der Waals surface area contributed by atoms with Gasteiger partial charge in [-0.05, 0) is 107 Å². The number of aromatic nitrogens is 2. The summed E-state index contributed by atoms with van der Waals surface area (Å²) in [5.41, 5.74) is -3.77. The SMILES string of the molecule is O=S(=O)(O)c1cc(N=Nc2ccc(/C=C/c3ccc(N=Nc4cc(S(=O)(=O)O)c5cccnc5c4O)cc3S(=O)(=O)O)c(S(=O)(=O)O)c2)ccc1/C=C/c1ccc(N=Nc2cc(S(=O)(=O)O)c3cccnc3c2O)cc1S(=O)(=O)O. The highest BCUT2D eigenvalue weighted by Crippen LogP contribution is 2.41. The van der Waals surface area contributed by atoms with Crippen LogP contribution in [0.3, 0.4) is 0 Å². The maximum Gasteiger partial charge on any atom is 0.295 e. The minimum atomic E-state index is -5.10. The zero-order valence-electron chi connectivity index (χ0n) is 39.4. The van der Waals surface area contributed by atoms with E-state index in [1.807, 2.05) is 0 Å². The van der Waals surface area contributed by atoms with Crippen molar-refractivity contribution in [2.24, 2.45) is 30.7 Å². The highest BCUT2D eigenvalue weighted by atomic mass is 32.2. The summed E-state index contributed by atoms with van der Waals surface area (Å²) >= 11 is 0. The first-order chi connectivity index (χ1) is 37.3. The summed E-state index contributed by atoms with van der Waals surface area (Å²) in [5, 5.41) is 44.0. The van der Waals surface area contributed by atoms with E-state index in [0.717, 1.165) is 97.1 Å². The van der Waals surface area contributed by atoms with Gasteiger partial charge in [-0.25, -0.2) is 0 Å². The van der Waals surface area contributed by atoms with Crippen molar-refractivity contribution >= 4 is 141 Å². The molecule has 0 fully saturated rings. The molecule has 8 aromatic rings. The first kappa shape index (κ1) is 57.6. The van der Waals surface area contributed by atoms with E-state index >= 15 is 0 Å². The van der Waals surface area contributed by atoms with Crippen molar-refractivity contribution < 1.29 is 88.0 Å². The van der Waals surface area contributed by atoms with Gasteiger partial charge >= 0.3 is 0 Å². The van der Waals surface area contributed by atoms with Crippen molar-refractivity contribution in [1.29, 1.82) is 0 Å². The number of azo groups is 3. The third-order valence-corrected chi connectivity index (χ3v) is 16.4. The predicted molar refractivity (Wildman–Crippen MR) is 282 cm³/mol. The van der Waals surface area contributed by atoms with E-state index in [1.165, 1.54) is 48.8 Å². The van der Waals surface area contributed by atoms with Gasteiger partial charge in [0.15, 0.2) is 11.5 Å². The molecule has 0 spiro atoms. The summed E-state index contributed by atoms with van der Waals surface area (Å²) in [6, 6.07) is 19.1. The third-order valence-electron chi connectivity index (χ3n) is 11.0. The molecule has 34 heteroatoms. The van der Waals surface area contributed by atoms with Crippen LogP contribution in [0.15, 0.2) is 182 Å². The first-order valence-electron chi connectivity index (χ1n) is 21.5. The van der Waals surface area contributed by atoms with Crippen LogP contribution in [0.1, 0.15) is 22.3 Å². The molecule has 8 rings (SSSR count). The summed E-state index contributed by atoms with van der Waals surface area (Å²) < 4.78 is 209. The van der Waals surface area contributed by atoms with Gasteiger partial charge in [0.1, 0.15) is 51.8 Å². The highest BCUT2D eigenvalue weighted by Gasteiger charge is 2.24. The molecular formula is C46H32N8O20S6. The fourth-order valence-corrected chi connectivity index (χ4v) is 11.7. The van der Waals surface area contributed by atoms with Crippen LogP contribution >= 0.6 is 0 Å². The van der Waals surface area contributed by atoms with Gasteiger partial charge in [0.2, 0.25) is 0 Å². The van der Waals surface area contributed by atoms with Crippen molar-refractivity contribution in [3.05, 3.63) is 144 Å². The lowest BCUT2D eigenvalue weighted by Crippen LogP contribution is -2.02. The lowest BCUT2D eigenvalue weighted by molar-refractivity contribution is 0.476. The molecular weight excluding hydrogens is 1180 g/mol. The Bertz CT molecular complexity index is 4500. The molecule has 412 valence electrons. The number of rotatable bonds is 16. The van der Waals surface area contributed by atoms with Crippen LogP contribution in [0.2, 0.25) is 0 Å². The molecule has 0 saturated heterocycles. The van der Waals surface area contributed by atoms with E-state index in [4.69, 9.17) is 0 Å². The third kappa shape index (κ3) is 13.0. The smallest absolute Gasteiger partial charge is 0.295 e. The second-order valence-electron chi connectivity index (χ2n) is 16.3. The second-order valence-corrected chi connectivity index (χ2v) is 24.6. The Morgan fingerprint density at radius 2 is 0.575 bits per heavy atom. The molecule has 6 aromatic carbocycles. The van der Waals surface area contributed by atoms with Crippen molar-refractivity contribution in [3.63, 3.8) is 0 Å². The molecule has 0 bridgehead atoms. The van der Waals surface area contributed by atoms with Crippen LogP contribution in [0.5, 0.6) is 11.5 Å². The number of phenolic OH excluding ortho intramolecular Hbond substituents is 2. The minimum Gasteiger partial charge on any atom is -0.504 e. The Morgan fingerprint density at radius 3 is 0.825 bits per heavy atom. The molecule has 0 aliphatic rings. The fourth-order valence-electron chi connectivity index (χ4n) is 7.43. The fraction of sp³-hybridized carbons (Fsp3) is 0. The number of fused-ring (bicyclic) bond motifs is 2. The molecule has 0 saturated carbocycles. The normalized spacial score (nSPS) is 13.3. The number of hydrogen-bond donors (Lipinski definition) is 8. The van der Waals surface area contributed by atoms with Gasteiger partial charge in [-0.15, -0.1) is 10.2 Å². The molecule has 2 heterocycles. The largest absolute Gasteiger partial charge is 0.504 e. The van der Waals surface area contributed by atoms with Gasteiger partial charge < -0.3 is 10.2 Å². The van der Waals surface area contributed by atoms with E-state index in [-0.39, 0.29) is 66.8 Å². The molecule has 8 N–H and O–H groups in total. The number of pyridine rings is 2. The van der Waals surface area contributed by atoms with E-state index in [2.05, 4.69) is 40.7 Å². The molecule has 28 nitrogen and oxygen atoms in total. The molecule has 0 aliphatic heterocycles. The maximum absolute atomic E-state index is 12.6. The molecule has 80 heavy (non-hydrogen) atoms. The lowest BCUT2D eigenvalue weighted by atomic mass is 10.1. The average molecular weight is 1210 g/mol. The van der Waals surface area contributed by atoms with Crippen LogP contribution in [0.25, 0.3) is 46.1 Å². The number of phenols is 2. The molecule has 0 amide bonds. The minimum absolute atomic E-state index is 0.151. The topological polar surface area (TPSA) is 467 Å². The molecule has 0 aliphatic carbocycles. The van der Waals surface area contributed by atoms with Crippen molar-refractivity contribution in [2.75, 3.05) is 0 Å². The van der Waals surface area contributed by atoms with Gasteiger partial charge in [0.25, 0.3) is 60.7 Å².